The van der Waals surface area contributed by atoms with Gasteiger partial charge in [-0.05, 0) is 70.6 Å². The lowest BCUT2D eigenvalue weighted by atomic mass is 9.99. The highest BCUT2D eigenvalue weighted by Crippen LogP contribution is 2.26. The number of amides is 1. The van der Waals surface area contributed by atoms with E-state index in [1.807, 2.05) is 42.5 Å². The fraction of sp³-hybridized carbons (Fsp3) is 0.781. The third kappa shape index (κ3) is 40.0. The highest BCUT2D eigenvalue weighted by atomic mass is 16.7. The van der Waals surface area contributed by atoms with Gasteiger partial charge in [0, 0.05) is 6.42 Å². The minimum absolute atomic E-state index is 0.0756. The molecule has 0 radical (unpaired) electrons. The van der Waals surface area contributed by atoms with Crippen LogP contribution >= 0.6 is 0 Å². The number of ether oxygens (including phenoxy) is 3. The molecule has 1 saturated heterocycles. The van der Waals surface area contributed by atoms with Gasteiger partial charge in [0.15, 0.2) is 12.4 Å². The quantitative estimate of drug-likeness (QED) is 0.0149. The fourth-order valence-corrected chi connectivity index (χ4v) is 9.30. The van der Waals surface area contributed by atoms with E-state index in [1.165, 1.54) is 148 Å². The van der Waals surface area contributed by atoms with Gasteiger partial charge in [-0.1, -0.05) is 254 Å². The third-order valence-electron chi connectivity index (χ3n) is 14.2. The molecule has 0 saturated carbocycles. The molecule has 0 aliphatic carbocycles. The van der Waals surface area contributed by atoms with E-state index in [0.717, 1.165) is 64.2 Å². The maximum absolute atomic E-state index is 13.4. The predicted octanol–water partition coefficient (Wildman–Crippen LogP) is 14.4. The summed E-state index contributed by atoms with van der Waals surface area (Å²) in [4.78, 5) is 26.5. The van der Waals surface area contributed by atoms with Crippen molar-refractivity contribution in [2.75, 3.05) is 13.2 Å². The van der Waals surface area contributed by atoms with Crippen LogP contribution in [-0.2, 0) is 23.8 Å². The molecule has 6 N–H and O–H groups in total. The van der Waals surface area contributed by atoms with E-state index in [2.05, 4.69) is 50.4 Å². The van der Waals surface area contributed by atoms with E-state index in [4.69, 9.17) is 14.2 Å². The smallest absolute Gasteiger partial charge is 0.306 e. The summed E-state index contributed by atoms with van der Waals surface area (Å²) in [5.74, 6) is -1.24. The molecule has 1 amide bonds. The summed E-state index contributed by atoms with van der Waals surface area (Å²) in [5, 5.41) is 56.9. The van der Waals surface area contributed by atoms with E-state index in [-0.39, 0.29) is 19.4 Å². The third-order valence-corrected chi connectivity index (χ3v) is 14.2. The van der Waals surface area contributed by atoms with Crippen LogP contribution in [0.4, 0.5) is 0 Å². The zero-order valence-corrected chi connectivity index (χ0v) is 47.9. The van der Waals surface area contributed by atoms with Crippen LogP contribution in [0, 0.1) is 0 Å². The van der Waals surface area contributed by atoms with Crippen LogP contribution in [0.3, 0.4) is 0 Å². The average molecular weight is 1060 g/mol. The van der Waals surface area contributed by atoms with E-state index in [9.17, 15) is 35.1 Å². The molecule has 8 unspecified atom stereocenters. The second-order valence-corrected chi connectivity index (χ2v) is 21.1. The van der Waals surface area contributed by atoms with Crippen LogP contribution in [0.15, 0.2) is 72.9 Å². The Kier molecular flexibility index (Phi) is 48.5. The zero-order valence-electron chi connectivity index (χ0n) is 47.9. The minimum Gasteiger partial charge on any atom is -0.454 e. The van der Waals surface area contributed by atoms with Crippen molar-refractivity contribution in [3.63, 3.8) is 0 Å². The molecule has 0 aromatic rings. The number of unbranched alkanes of at least 4 members (excludes halogenated alkanes) is 30. The number of hydrogen-bond donors (Lipinski definition) is 6. The average Bonchev–Trinajstić information content (AvgIpc) is 3.41. The summed E-state index contributed by atoms with van der Waals surface area (Å²) in [6.45, 7) is 5.62. The largest absolute Gasteiger partial charge is 0.454 e. The topological polar surface area (TPSA) is 175 Å². The zero-order chi connectivity index (χ0) is 54.7. The van der Waals surface area contributed by atoms with Gasteiger partial charge in [-0.25, -0.2) is 0 Å². The summed E-state index contributed by atoms with van der Waals surface area (Å²) in [6.07, 6.45) is 55.2. The lowest BCUT2D eigenvalue weighted by Crippen LogP contribution is -2.61. The molecule has 1 heterocycles. The molecule has 0 aromatic heterocycles. The number of hydrogen-bond acceptors (Lipinski definition) is 10. The minimum atomic E-state index is -1.63. The Balaban J connectivity index is 2.70. The lowest BCUT2D eigenvalue weighted by Gasteiger charge is -2.41. The van der Waals surface area contributed by atoms with Crippen molar-refractivity contribution < 1.29 is 49.3 Å². The van der Waals surface area contributed by atoms with Crippen LogP contribution < -0.4 is 5.32 Å². The van der Waals surface area contributed by atoms with Crippen molar-refractivity contribution in [1.82, 2.24) is 5.32 Å². The first-order valence-electron chi connectivity index (χ1n) is 30.8. The lowest BCUT2D eigenvalue weighted by molar-refractivity contribution is -0.305. The number of rotatable bonds is 51. The maximum atomic E-state index is 13.4. The van der Waals surface area contributed by atoms with Gasteiger partial charge in [0.25, 0.3) is 0 Å². The van der Waals surface area contributed by atoms with Gasteiger partial charge < -0.3 is 45.1 Å². The van der Waals surface area contributed by atoms with Crippen molar-refractivity contribution in [2.24, 2.45) is 0 Å². The number of esters is 1. The summed E-state index contributed by atoms with van der Waals surface area (Å²) < 4.78 is 17.6. The van der Waals surface area contributed by atoms with Crippen molar-refractivity contribution in [3.8, 4) is 0 Å². The van der Waals surface area contributed by atoms with Crippen molar-refractivity contribution >= 4 is 11.9 Å². The second kappa shape index (κ2) is 51.8. The van der Waals surface area contributed by atoms with E-state index in [0.29, 0.717) is 12.8 Å². The van der Waals surface area contributed by atoms with Crippen LogP contribution in [0.1, 0.15) is 258 Å². The molecule has 8 atom stereocenters. The van der Waals surface area contributed by atoms with Gasteiger partial charge >= 0.3 is 5.97 Å². The molecule has 75 heavy (non-hydrogen) atoms. The number of aliphatic hydroxyl groups excluding tert-OH is 5. The second-order valence-electron chi connectivity index (χ2n) is 21.1. The Morgan fingerprint density at radius 3 is 1.48 bits per heavy atom. The summed E-state index contributed by atoms with van der Waals surface area (Å²) in [7, 11) is 0. The van der Waals surface area contributed by atoms with Crippen molar-refractivity contribution in [3.05, 3.63) is 72.9 Å². The highest BCUT2D eigenvalue weighted by Gasteiger charge is 2.47. The Labute approximate surface area is 458 Å². The molecule has 0 bridgehead atoms. The van der Waals surface area contributed by atoms with Gasteiger partial charge in [0.2, 0.25) is 5.91 Å². The monoisotopic (exact) mass is 1060 g/mol. The van der Waals surface area contributed by atoms with Crippen LogP contribution in [0.5, 0.6) is 0 Å². The molecular weight excluding hydrogens is 943 g/mol. The van der Waals surface area contributed by atoms with Gasteiger partial charge in [0.1, 0.15) is 24.4 Å². The van der Waals surface area contributed by atoms with Crippen LogP contribution in [0.25, 0.3) is 0 Å². The Morgan fingerprint density at radius 1 is 0.533 bits per heavy atom. The SMILES string of the molecule is CC/C=C/C=C/C=C\C=C/CCCCCC(=O)OC1C(OCC(NC(=O)C(O)CCCCCCCCCCCC/C=C/CCCCCCCC)C(O)/C=C/CCCCCCCCCCCCC)OC(CO)C(O)C1O. The molecule has 0 spiro atoms. The Hall–Kier alpha value is -2.90. The number of carbonyl (C=O) groups excluding carboxylic acids is 2. The van der Waals surface area contributed by atoms with Gasteiger partial charge in [0.05, 0.1) is 25.4 Å². The molecular formula is C64H113NO10. The highest BCUT2D eigenvalue weighted by molar-refractivity contribution is 5.80. The predicted molar refractivity (Wildman–Crippen MR) is 310 cm³/mol. The Bertz CT molecular complexity index is 1490. The van der Waals surface area contributed by atoms with Crippen molar-refractivity contribution in [2.45, 2.75) is 307 Å². The Morgan fingerprint density at radius 2 is 0.973 bits per heavy atom. The number of carbonyl (C=O) groups is 2. The van der Waals surface area contributed by atoms with Crippen LogP contribution in [0.2, 0.25) is 0 Å². The first-order chi connectivity index (χ1) is 36.7. The first-order valence-corrected chi connectivity index (χ1v) is 30.8. The molecule has 0 aromatic carbocycles. The number of allylic oxidation sites excluding steroid dienone is 11. The maximum Gasteiger partial charge on any atom is 0.306 e. The van der Waals surface area contributed by atoms with Gasteiger partial charge in [-0.15, -0.1) is 0 Å². The normalized spacial score (nSPS) is 19.7. The summed E-state index contributed by atoms with van der Waals surface area (Å²) >= 11 is 0. The first kappa shape index (κ1) is 70.1. The molecule has 1 fully saturated rings. The number of aliphatic hydroxyl groups is 5. The molecule has 434 valence electrons. The number of nitrogens with one attached hydrogen (secondary N) is 1. The van der Waals surface area contributed by atoms with Gasteiger partial charge in [-0.2, -0.15) is 0 Å². The summed E-state index contributed by atoms with van der Waals surface area (Å²) in [6, 6.07) is -1.03. The molecule has 1 aliphatic rings. The molecule has 1 aliphatic heterocycles. The molecule has 11 heteroatoms. The summed E-state index contributed by atoms with van der Waals surface area (Å²) in [5.41, 5.74) is 0. The molecule has 1 rings (SSSR count). The van der Waals surface area contributed by atoms with Gasteiger partial charge in [-0.3, -0.25) is 9.59 Å². The van der Waals surface area contributed by atoms with E-state index >= 15 is 0 Å². The molecule has 11 nitrogen and oxygen atoms in total. The van der Waals surface area contributed by atoms with E-state index in [1.54, 1.807) is 6.08 Å². The van der Waals surface area contributed by atoms with Crippen LogP contribution in [-0.4, -0.2) is 99.6 Å². The van der Waals surface area contributed by atoms with E-state index < -0.39 is 67.4 Å². The standard InChI is InChI=1S/C64H113NO10/c1-4-7-10-13-16-19-22-25-26-27-28-29-30-31-34-36-39-42-45-48-51-57(68)63(72)65-55(56(67)50-47-44-41-38-35-32-23-20-17-14-11-8-5-2)54-73-64-62(61(71)60(70)58(53-66)74-64)75-59(69)52-49-46-43-40-37-33-24-21-18-15-12-9-6-3/h9,12,15,18,21,24-26,33,37,47,50,55-58,60-62,64,66-68,70-71H,4-8,10-11,13-14,16-17,19-20,22-23,27-32,34-36,38-46,48-49,51-54H2,1-3H3,(H,65,72)/b12-9+,18-15+,24-21-,26-25+,37-33-,50-47+. The fourth-order valence-electron chi connectivity index (χ4n) is 9.30. The van der Waals surface area contributed by atoms with Crippen molar-refractivity contribution in [1.29, 1.82) is 0 Å².